The molecule has 4 nitrogen and oxygen atoms in total. The maximum absolute atomic E-state index is 5.77. The van der Waals surface area contributed by atoms with Crippen molar-refractivity contribution in [3.05, 3.63) is 47.8 Å². The zero-order chi connectivity index (χ0) is 12.8. The Morgan fingerprint density at radius 3 is 2.83 bits per heavy atom. The predicted octanol–water partition coefficient (Wildman–Crippen LogP) is 3.58. The second kappa shape index (κ2) is 6.47. The molecule has 0 amide bonds. The zero-order valence-corrected chi connectivity index (χ0v) is 11.1. The van der Waals surface area contributed by atoms with Gasteiger partial charge in [-0.1, -0.05) is 29.4 Å². The Labute approximate surface area is 114 Å². The number of halogens is 1. The molecule has 0 aliphatic rings. The van der Waals surface area contributed by atoms with Crippen LogP contribution in [-0.4, -0.2) is 16.0 Å². The zero-order valence-electron chi connectivity index (χ0n) is 9.51. The third-order valence-electron chi connectivity index (χ3n) is 1.95. The van der Waals surface area contributed by atoms with Crippen LogP contribution in [-0.2, 0) is 6.61 Å². The fraction of sp³-hybridized carbons (Fsp3) is 0.167. The number of aromatic nitrogens is 2. The summed E-state index contributed by atoms with van der Waals surface area (Å²) >= 11 is 7.21. The molecule has 18 heavy (non-hydrogen) atoms. The Hall–Kier alpha value is -1.46. The molecule has 0 saturated heterocycles. The highest BCUT2D eigenvalue weighted by Gasteiger charge is 2.06. The van der Waals surface area contributed by atoms with Crippen molar-refractivity contribution in [2.24, 2.45) is 0 Å². The van der Waals surface area contributed by atoms with E-state index in [1.807, 2.05) is 0 Å². The highest BCUT2D eigenvalue weighted by Crippen LogP contribution is 2.19. The molecule has 94 valence electrons. The summed E-state index contributed by atoms with van der Waals surface area (Å²) in [5.41, 5.74) is 0. The van der Waals surface area contributed by atoms with Crippen LogP contribution in [0, 0.1) is 0 Å². The summed E-state index contributed by atoms with van der Waals surface area (Å²) in [7, 11) is 0. The first-order valence-corrected chi connectivity index (χ1v) is 6.59. The molecular weight excluding hydrogens is 272 g/mol. The van der Waals surface area contributed by atoms with E-state index in [0.717, 1.165) is 5.75 Å². The fourth-order valence-electron chi connectivity index (χ4n) is 1.16. The molecule has 1 aromatic heterocycles. The lowest BCUT2D eigenvalue weighted by Gasteiger charge is -2.02. The van der Waals surface area contributed by atoms with Gasteiger partial charge in [0.2, 0.25) is 0 Å². The molecule has 2 rings (SSSR count). The van der Waals surface area contributed by atoms with E-state index in [0.29, 0.717) is 21.9 Å². The first-order chi connectivity index (χ1) is 8.78. The van der Waals surface area contributed by atoms with E-state index in [1.165, 1.54) is 11.8 Å². The van der Waals surface area contributed by atoms with Crippen molar-refractivity contribution in [1.82, 2.24) is 10.2 Å². The van der Waals surface area contributed by atoms with Gasteiger partial charge in [0.1, 0.15) is 5.75 Å². The van der Waals surface area contributed by atoms with Crippen molar-refractivity contribution in [2.75, 3.05) is 5.75 Å². The average Bonchev–Trinajstić information content (AvgIpc) is 2.84. The van der Waals surface area contributed by atoms with E-state index in [4.69, 9.17) is 20.8 Å². The summed E-state index contributed by atoms with van der Waals surface area (Å²) < 4.78 is 10.9. The first-order valence-electron chi connectivity index (χ1n) is 5.22. The maximum atomic E-state index is 5.77. The lowest BCUT2D eigenvalue weighted by molar-refractivity contribution is 0.252. The van der Waals surface area contributed by atoms with Gasteiger partial charge in [0.05, 0.1) is 0 Å². The van der Waals surface area contributed by atoms with E-state index in [1.54, 1.807) is 30.3 Å². The molecule has 0 unspecified atom stereocenters. The van der Waals surface area contributed by atoms with Gasteiger partial charge in [-0.25, -0.2) is 0 Å². The highest BCUT2D eigenvalue weighted by molar-refractivity contribution is 7.99. The van der Waals surface area contributed by atoms with Crippen LogP contribution in [0.3, 0.4) is 0 Å². The standard InChI is InChI=1S/C12H11ClN2O2S/c1-2-7-18-12-15-14-11(17-12)8-16-10-5-3-9(13)4-6-10/h2-6H,1,7-8H2. The van der Waals surface area contributed by atoms with Gasteiger partial charge in [0.15, 0.2) is 6.61 Å². The van der Waals surface area contributed by atoms with Crippen molar-refractivity contribution in [2.45, 2.75) is 11.8 Å². The number of benzene rings is 1. The van der Waals surface area contributed by atoms with Crippen LogP contribution in [0.1, 0.15) is 5.89 Å². The molecule has 0 fully saturated rings. The highest BCUT2D eigenvalue weighted by atomic mass is 35.5. The Bertz CT molecular complexity index is 513. The van der Waals surface area contributed by atoms with Crippen molar-refractivity contribution in [1.29, 1.82) is 0 Å². The smallest absolute Gasteiger partial charge is 0.277 e. The second-order valence-corrected chi connectivity index (χ2v) is 4.71. The minimum atomic E-state index is 0.239. The summed E-state index contributed by atoms with van der Waals surface area (Å²) in [6, 6.07) is 7.09. The minimum Gasteiger partial charge on any atom is -0.484 e. The van der Waals surface area contributed by atoms with Gasteiger partial charge in [-0.05, 0) is 24.3 Å². The van der Waals surface area contributed by atoms with E-state index < -0.39 is 0 Å². The third-order valence-corrected chi connectivity index (χ3v) is 3.02. The van der Waals surface area contributed by atoms with Crippen LogP contribution in [0.15, 0.2) is 46.6 Å². The van der Waals surface area contributed by atoms with E-state index in [2.05, 4.69) is 16.8 Å². The molecule has 0 aliphatic carbocycles. The van der Waals surface area contributed by atoms with Gasteiger partial charge in [-0.2, -0.15) is 0 Å². The fourth-order valence-corrected chi connectivity index (χ4v) is 1.80. The quantitative estimate of drug-likeness (QED) is 0.599. The molecule has 0 aliphatic heterocycles. The van der Waals surface area contributed by atoms with E-state index >= 15 is 0 Å². The molecule has 2 aromatic rings. The van der Waals surface area contributed by atoms with Crippen molar-refractivity contribution >= 4 is 23.4 Å². The molecule has 0 bridgehead atoms. The molecule has 0 spiro atoms. The third kappa shape index (κ3) is 3.78. The van der Waals surface area contributed by atoms with Crippen molar-refractivity contribution in [3.63, 3.8) is 0 Å². The van der Waals surface area contributed by atoms with Gasteiger partial charge in [-0.3, -0.25) is 0 Å². The van der Waals surface area contributed by atoms with Gasteiger partial charge < -0.3 is 9.15 Å². The van der Waals surface area contributed by atoms with Gasteiger partial charge in [-0.15, -0.1) is 16.8 Å². The van der Waals surface area contributed by atoms with Crippen LogP contribution in [0.4, 0.5) is 0 Å². The summed E-state index contributed by atoms with van der Waals surface area (Å²) in [6.07, 6.45) is 1.78. The molecule has 0 N–H and O–H groups in total. The topological polar surface area (TPSA) is 48.2 Å². The normalized spacial score (nSPS) is 10.3. The van der Waals surface area contributed by atoms with Crippen molar-refractivity contribution in [3.8, 4) is 5.75 Å². The van der Waals surface area contributed by atoms with E-state index in [-0.39, 0.29) is 6.61 Å². The summed E-state index contributed by atoms with van der Waals surface area (Å²) in [4.78, 5) is 0. The van der Waals surface area contributed by atoms with Gasteiger partial charge in [0.25, 0.3) is 11.1 Å². The number of ether oxygens (including phenoxy) is 1. The number of hydrogen-bond donors (Lipinski definition) is 0. The van der Waals surface area contributed by atoms with Crippen LogP contribution in [0.2, 0.25) is 5.02 Å². The summed E-state index contributed by atoms with van der Waals surface area (Å²) in [6.45, 7) is 3.86. The number of hydrogen-bond acceptors (Lipinski definition) is 5. The van der Waals surface area contributed by atoms with Gasteiger partial charge >= 0.3 is 0 Å². The molecule has 6 heteroatoms. The number of thioether (sulfide) groups is 1. The SMILES string of the molecule is C=CCSc1nnc(COc2ccc(Cl)cc2)o1. The van der Waals surface area contributed by atoms with Gasteiger partial charge in [0, 0.05) is 10.8 Å². The molecule has 1 heterocycles. The number of nitrogens with zero attached hydrogens (tertiary/aromatic N) is 2. The number of rotatable bonds is 6. The van der Waals surface area contributed by atoms with Crippen LogP contribution in [0.5, 0.6) is 5.75 Å². The Balaban J connectivity index is 1.87. The molecule has 0 radical (unpaired) electrons. The Morgan fingerprint density at radius 1 is 1.33 bits per heavy atom. The largest absolute Gasteiger partial charge is 0.484 e. The lowest BCUT2D eigenvalue weighted by atomic mass is 10.3. The first kappa shape index (κ1) is 13.0. The molecule has 0 atom stereocenters. The Kier molecular flexibility index (Phi) is 4.66. The maximum Gasteiger partial charge on any atom is 0.277 e. The van der Waals surface area contributed by atoms with Crippen LogP contribution in [0.25, 0.3) is 0 Å². The van der Waals surface area contributed by atoms with E-state index in [9.17, 15) is 0 Å². The van der Waals surface area contributed by atoms with Crippen molar-refractivity contribution < 1.29 is 9.15 Å². The summed E-state index contributed by atoms with van der Waals surface area (Å²) in [5.74, 6) is 1.88. The predicted molar refractivity (Wildman–Crippen MR) is 71.0 cm³/mol. The van der Waals surface area contributed by atoms with Crippen LogP contribution >= 0.6 is 23.4 Å². The lowest BCUT2D eigenvalue weighted by Crippen LogP contribution is -1.95. The Morgan fingerprint density at radius 2 is 2.11 bits per heavy atom. The minimum absolute atomic E-state index is 0.239. The average molecular weight is 283 g/mol. The monoisotopic (exact) mass is 282 g/mol. The molecule has 0 saturated carbocycles. The van der Waals surface area contributed by atoms with Crippen LogP contribution < -0.4 is 4.74 Å². The summed E-state index contributed by atoms with van der Waals surface area (Å²) in [5, 5.41) is 8.94. The molecular formula is C12H11ClN2O2S. The second-order valence-electron chi connectivity index (χ2n) is 3.30. The molecule has 1 aromatic carbocycles.